The van der Waals surface area contributed by atoms with Gasteiger partial charge < -0.3 is 15.0 Å². The molecule has 13 heavy (non-hydrogen) atoms. The van der Waals surface area contributed by atoms with Crippen LogP contribution in [0.2, 0.25) is 0 Å². The fourth-order valence-electron chi connectivity index (χ4n) is 1.59. The highest BCUT2D eigenvalue weighted by Crippen LogP contribution is 2.20. The third kappa shape index (κ3) is 1.73. The number of carbonyl (C=O) groups excluding carboxylic acids is 1. The van der Waals surface area contributed by atoms with Crippen LogP contribution in [0.1, 0.15) is 0 Å². The van der Waals surface area contributed by atoms with E-state index in [4.69, 9.17) is 0 Å². The number of anilines is 1. The van der Waals surface area contributed by atoms with Crippen LogP contribution < -0.4 is 10.2 Å². The van der Waals surface area contributed by atoms with Crippen molar-refractivity contribution in [3.63, 3.8) is 0 Å². The fraction of sp³-hybridized carbons (Fsp3) is 0.444. The zero-order valence-electron chi connectivity index (χ0n) is 7.27. The number of rotatable bonds is 2. The number of hydrogen-bond donors (Lipinski definition) is 1. The van der Waals surface area contributed by atoms with E-state index in [1.807, 2.05) is 5.38 Å². The molecule has 1 aliphatic rings. The smallest absolute Gasteiger partial charge is 0.143 e. The normalized spacial score (nSPS) is 23.1. The first kappa shape index (κ1) is 8.72. The van der Waals surface area contributed by atoms with Crippen LogP contribution in [0, 0.1) is 0 Å². The molecule has 0 aliphatic carbocycles. The van der Waals surface area contributed by atoms with Gasteiger partial charge in [-0.2, -0.15) is 11.3 Å². The van der Waals surface area contributed by atoms with Crippen molar-refractivity contribution >= 4 is 23.3 Å². The lowest BCUT2D eigenvalue weighted by atomic mass is 10.2. The molecule has 70 valence electrons. The van der Waals surface area contributed by atoms with Gasteiger partial charge in [0.05, 0.1) is 6.04 Å². The lowest BCUT2D eigenvalue weighted by Gasteiger charge is -2.33. The van der Waals surface area contributed by atoms with Gasteiger partial charge >= 0.3 is 0 Å². The largest absolute Gasteiger partial charge is 0.359 e. The Labute approximate surface area is 81.4 Å². The lowest BCUT2D eigenvalue weighted by molar-refractivity contribution is -0.109. The van der Waals surface area contributed by atoms with E-state index < -0.39 is 0 Å². The molecule has 0 radical (unpaired) electrons. The number of aldehydes is 1. The summed E-state index contributed by atoms with van der Waals surface area (Å²) in [6.45, 7) is 2.64. The van der Waals surface area contributed by atoms with Crippen LogP contribution in [0.5, 0.6) is 0 Å². The Kier molecular flexibility index (Phi) is 2.61. The van der Waals surface area contributed by atoms with E-state index in [1.54, 1.807) is 11.3 Å². The second-order valence-corrected chi connectivity index (χ2v) is 3.86. The number of nitrogens with one attached hydrogen (secondary N) is 1. The molecule has 1 N–H and O–H groups in total. The Bertz CT molecular complexity index is 273. The van der Waals surface area contributed by atoms with Gasteiger partial charge in [0, 0.05) is 30.7 Å². The molecule has 0 spiro atoms. The summed E-state index contributed by atoms with van der Waals surface area (Å²) < 4.78 is 0. The van der Waals surface area contributed by atoms with Crippen LogP contribution in [0.25, 0.3) is 0 Å². The molecule has 0 amide bonds. The molecule has 1 aromatic heterocycles. The second-order valence-electron chi connectivity index (χ2n) is 3.08. The monoisotopic (exact) mass is 196 g/mol. The Balaban J connectivity index is 2.15. The summed E-state index contributed by atoms with van der Waals surface area (Å²) in [5, 5.41) is 7.33. The topological polar surface area (TPSA) is 32.3 Å². The van der Waals surface area contributed by atoms with Gasteiger partial charge in [0.15, 0.2) is 0 Å². The molecule has 2 rings (SSSR count). The number of nitrogens with zero attached hydrogens (tertiary/aromatic N) is 1. The number of hydrogen-bond acceptors (Lipinski definition) is 4. The number of carbonyl (C=O) groups is 1. The summed E-state index contributed by atoms with van der Waals surface area (Å²) in [5.74, 6) is 0. The molecule has 1 aliphatic heterocycles. The molecule has 1 aromatic rings. The Morgan fingerprint density at radius 1 is 1.69 bits per heavy atom. The maximum absolute atomic E-state index is 10.8. The minimum Gasteiger partial charge on any atom is -0.359 e. The zero-order chi connectivity index (χ0) is 9.10. The summed E-state index contributed by atoms with van der Waals surface area (Å²) >= 11 is 1.67. The fourth-order valence-corrected chi connectivity index (χ4v) is 2.24. The number of piperazine rings is 1. The molecule has 1 fully saturated rings. The van der Waals surface area contributed by atoms with E-state index in [0.29, 0.717) is 0 Å². The standard InChI is InChI=1S/C9H12N2OS/c12-6-9-5-10-2-3-11(9)8-1-4-13-7-8/h1,4,6-7,9-10H,2-3,5H2. The first-order chi connectivity index (χ1) is 6.42. The summed E-state index contributed by atoms with van der Waals surface area (Å²) in [4.78, 5) is 12.9. The maximum atomic E-state index is 10.8. The quantitative estimate of drug-likeness (QED) is 0.708. The summed E-state index contributed by atoms with van der Waals surface area (Å²) in [5.41, 5.74) is 1.17. The Hall–Kier alpha value is -0.870. The van der Waals surface area contributed by atoms with Gasteiger partial charge in [-0.25, -0.2) is 0 Å². The van der Waals surface area contributed by atoms with E-state index in [0.717, 1.165) is 25.9 Å². The van der Waals surface area contributed by atoms with Crippen molar-refractivity contribution < 1.29 is 4.79 Å². The molecule has 1 atom stereocenters. The third-order valence-electron chi connectivity index (χ3n) is 2.28. The summed E-state index contributed by atoms with van der Waals surface area (Å²) in [7, 11) is 0. The van der Waals surface area contributed by atoms with Gasteiger partial charge in [-0.15, -0.1) is 0 Å². The van der Waals surface area contributed by atoms with Crippen LogP contribution in [0.4, 0.5) is 5.69 Å². The van der Waals surface area contributed by atoms with Crippen molar-refractivity contribution in [3.05, 3.63) is 16.8 Å². The molecule has 2 heterocycles. The van der Waals surface area contributed by atoms with Crippen molar-refractivity contribution in [2.45, 2.75) is 6.04 Å². The molecule has 3 nitrogen and oxygen atoms in total. The average Bonchev–Trinajstić information content (AvgIpc) is 2.70. The van der Waals surface area contributed by atoms with E-state index in [9.17, 15) is 4.79 Å². The van der Waals surface area contributed by atoms with Crippen molar-refractivity contribution in [3.8, 4) is 0 Å². The minimum absolute atomic E-state index is 0.00310. The second kappa shape index (κ2) is 3.89. The molecule has 0 aromatic carbocycles. The highest BCUT2D eigenvalue weighted by Gasteiger charge is 2.21. The third-order valence-corrected chi connectivity index (χ3v) is 2.95. The minimum atomic E-state index is 0.00310. The molecular formula is C9H12N2OS. The van der Waals surface area contributed by atoms with Gasteiger partial charge in [0.25, 0.3) is 0 Å². The molecule has 0 bridgehead atoms. The Morgan fingerprint density at radius 3 is 3.31 bits per heavy atom. The van der Waals surface area contributed by atoms with Crippen molar-refractivity contribution in [1.29, 1.82) is 0 Å². The molecule has 4 heteroatoms. The highest BCUT2D eigenvalue weighted by atomic mass is 32.1. The average molecular weight is 196 g/mol. The van der Waals surface area contributed by atoms with E-state index in [-0.39, 0.29) is 6.04 Å². The molecular weight excluding hydrogens is 184 g/mol. The van der Waals surface area contributed by atoms with Crippen LogP contribution >= 0.6 is 11.3 Å². The molecule has 1 unspecified atom stereocenters. The van der Waals surface area contributed by atoms with E-state index >= 15 is 0 Å². The highest BCUT2D eigenvalue weighted by molar-refractivity contribution is 7.08. The zero-order valence-corrected chi connectivity index (χ0v) is 8.09. The van der Waals surface area contributed by atoms with Gasteiger partial charge in [0.2, 0.25) is 0 Å². The summed E-state index contributed by atoms with van der Waals surface area (Å²) in [6, 6.07) is 2.07. The first-order valence-electron chi connectivity index (χ1n) is 4.36. The predicted octanol–water partition coefficient (Wildman–Crippen LogP) is 0.725. The SMILES string of the molecule is O=CC1CNCCN1c1ccsc1. The maximum Gasteiger partial charge on any atom is 0.143 e. The van der Waals surface area contributed by atoms with Crippen molar-refractivity contribution in [1.82, 2.24) is 5.32 Å². The van der Waals surface area contributed by atoms with Gasteiger partial charge in [-0.1, -0.05) is 0 Å². The van der Waals surface area contributed by atoms with Gasteiger partial charge in [0.1, 0.15) is 6.29 Å². The first-order valence-corrected chi connectivity index (χ1v) is 5.31. The van der Waals surface area contributed by atoms with Gasteiger partial charge in [-0.3, -0.25) is 0 Å². The van der Waals surface area contributed by atoms with Crippen LogP contribution in [0.3, 0.4) is 0 Å². The van der Waals surface area contributed by atoms with E-state index in [1.165, 1.54) is 5.69 Å². The lowest BCUT2D eigenvalue weighted by Crippen LogP contribution is -2.52. The molecule has 1 saturated heterocycles. The van der Waals surface area contributed by atoms with E-state index in [2.05, 4.69) is 21.7 Å². The summed E-state index contributed by atoms with van der Waals surface area (Å²) in [6.07, 6.45) is 1.02. The Morgan fingerprint density at radius 2 is 2.62 bits per heavy atom. The predicted molar refractivity (Wildman–Crippen MR) is 54.4 cm³/mol. The van der Waals surface area contributed by atoms with Crippen LogP contribution in [0.15, 0.2) is 16.8 Å². The van der Waals surface area contributed by atoms with Crippen LogP contribution in [-0.4, -0.2) is 32.0 Å². The van der Waals surface area contributed by atoms with Crippen molar-refractivity contribution in [2.75, 3.05) is 24.5 Å². The molecule has 0 saturated carbocycles. The number of thiophene rings is 1. The van der Waals surface area contributed by atoms with Crippen LogP contribution in [-0.2, 0) is 4.79 Å². The van der Waals surface area contributed by atoms with Gasteiger partial charge in [-0.05, 0) is 11.4 Å². The van der Waals surface area contributed by atoms with Crippen molar-refractivity contribution in [2.24, 2.45) is 0 Å².